The lowest BCUT2D eigenvalue weighted by molar-refractivity contribution is 0.170. The van der Waals surface area contributed by atoms with Crippen LogP contribution in [-0.2, 0) is 6.54 Å². The molecule has 0 aliphatic heterocycles. The van der Waals surface area contributed by atoms with Crippen molar-refractivity contribution in [2.24, 2.45) is 0 Å². The molecule has 20 heavy (non-hydrogen) atoms. The number of nitrogens with zero attached hydrogens (tertiary/aromatic N) is 1. The minimum atomic E-state index is 0.727. The molecule has 1 aliphatic rings. The van der Waals surface area contributed by atoms with Gasteiger partial charge >= 0.3 is 0 Å². The Kier molecular flexibility index (Phi) is 5.86. The van der Waals surface area contributed by atoms with Gasteiger partial charge in [-0.15, -0.1) is 0 Å². The van der Waals surface area contributed by atoms with Gasteiger partial charge in [-0.1, -0.05) is 12.1 Å². The average molecular weight is 276 g/mol. The van der Waals surface area contributed by atoms with E-state index in [-0.39, 0.29) is 0 Å². The van der Waals surface area contributed by atoms with E-state index < -0.39 is 0 Å². The first-order chi connectivity index (χ1) is 9.72. The normalized spacial score (nSPS) is 23.0. The summed E-state index contributed by atoms with van der Waals surface area (Å²) >= 11 is 0. The summed E-state index contributed by atoms with van der Waals surface area (Å²) in [4.78, 5) is 2.50. The third kappa shape index (κ3) is 4.22. The molecule has 1 N–H and O–H groups in total. The van der Waals surface area contributed by atoms with Gasteiger partial charge in [-0.25, -0.2) is 0 Å². The predicted molar refractivity (Wildman–Crippen MR) is 84.2 cm³/mol. The molecule has 0 spiro atoms. The molecule has 0 bridgehead atoms. The highest BCUT2D eigenvalue weighted by Gasteiger charge is 2.22. The maximum atomic E-state index is 5.49. The van der Waals surface area contributed by atoms with Crippen LogP contribution in [0.25, 0.3) is 0 Å². The average Bonchev–Trinajstić information content (AvgIpc) is 2.49. The summed E-state index contributed by atoms with van der Waals surface area (Å²) in [7, 11) is 4.33. The molecule has 1 aromatic rings. The van der Waals surface area contributed by atoms with Gasteiger partial charge in [0.1, 0.15) is 5.75 Å². The Labute approximate surface area is 123 Å². The number of rotatable bonds is 6. The van der Waals surface area contributed by atoms with Crippen LogP contribution in [-0.4, -0.2) is 37.7 Å². The van der Waals surface area contributed by atoms with Crippen molar-refractivity contribution in [1.29, 1.82) is 0 Å². The van der Waals surface area contributed by atoms with Crippen LogP contribution in [0.1, 0.15) is 38.2 Å². The fourth-order valence-electron chi connectivity index (χ4n) is 3.08. The van der Waals surface area contributed by atoms with Gasteiger partial charge in [0.2, 0.25) is 0 Å². The fraction of sp³-hybridized carbons (Fsp3) is 0.647. The van der Waals surface area contributed by atoms with Gasteiger partial charge < -0.3 is 10.1 Å². The van der Waals surface area contributed by atoms with Crippen molar-refractivity contribution >= 4 is 0 Å². The van der Waals surface area contributed by atoms with E-state index in [4.69, 9.17) is 4.74 Å². The fourth-order valence-corrected chi connectivity index (χ4v) is 3.08. The molecule has 0 heterocycles. The van der Waals surface area contributed by atoms with Crippen LogP contribution in [0, 0.1) is 0 Å². The summed E-state index contributed by atoms with van der Waals surface area (Å²) in [6.45, 7) is 3.78. The maximum absolute atomic E-state index is 5.49. The third-order valence-electron chi connectivity index (χ3n) is 4.39. The third-order valence-corrected chi connectivity index (χ3v) is 4.39. The molecule has 0 atom stereocenters. The molecule has 112 valence electrons. The smallest absolute Gasteiger partial charge is 0.119 e. The quantitative estimate of drug-likeness (QED) is 0.864. The van der Waals surface area contributed by atoms with Crippen molar-refractivity contribution in [1.82, 2.24) is 10.2 Å². The van der Waals surface area contributed by atoms with Crippen molar-refractivity contribution in [3.63, 3.8) is 0 Å². The molecule has 1 saturated carbocycles. The van der Waals surface area contributed by atoms with Crippen LogP contribution in [0.2, 0.25) is 0 Å². The monoisotopic (exact) mass is 276 g/mol. The summed E-state index contributed by atoms with van der Waals surface area (Å²) < 4.78 is 5.49. The van der Waals surface area contributed by atoms with Crippen LogP contribution in [0.3, 0.4) is 0 Å². The van der Waals surface area contributed by atoms with E-state index in [9.17, 15) is 0 Å². The first-order valence-corrected chi connectivity index (χ1v) is 7.82. The first-order valence-electron chi connectivity index (χ1n) is 7.82. The number of hydrogen-bond acceptors (Lipinski definition) is 3. The summed E-state index contributed by atoms with van der Waals surface area (Å²) in [5.41, 5.74) is 1.37. The lowest BCUT2D eigenvalue weighted by Gasteiger charge is -2.34. The van der Waals surface area contributed by atoms with E-state index >= 15 is 0 Å². The zero-order valence-electron chi connectivity index (χ0n) is 13.1. The highest BCUT2D eigenvalue weighted by molar-refractivity contribution is 5.27. The van der Waals surface area contributed by atoms with E-state index in [1.165, 1.54) is 31.2 Å². The molecule has 0 amide bonds. The van der Waals surface area contributed by atoms with Gasteiger partial charge in [-0.2, -0.15) is 0 Å². The minimum Gasteiger partial charge on any atom is -0.494 e. The molecule has 2 rings (SSSR count). The van der Waals surface area contributed by atoms with Crippen molar-refractivity contribution in [2.75, 3.05) is 20.7 Å². The molecule has 0 radical (unpaired) electrons. The molecular weight excluding hydrogens is 248 g/mol. The molecule has 3 heteroatoms. The molecule has 3 nitrogen and oxygen atoms in total. The topological polar surface area (TPSA) is 24.5 Å². The van der Waals surface area contributed by atoms with Crippen LogP contribution in [0.4, 0.5) is 0 Å². The van der Waals surface area contributed by atoms with E-state index in [0.29, 0.717) is 0 Å². The van der Waals surface area contributed by atoms with Gasteiger partial charge in [0.15, 0.2) is 0 Å². The number of ether oxygens (including phenoxy) is 1. The Morgan fingerprint density at radius 3 is 2.35 bits per heavy atom. The standard InChI is InChI=1S/C17H28N2O/c1-4-20-17-11-5-14(6-12-17)13-19(3)16-9-7-15(18-2)8-10-16/h5-6,11-12,15-16,18H,4,7-10,13H2,1-3H3. The van der Waals surface area contributed by atoms with Gasteiger partial charge in [0, 0.05) is 18.6 Å². The van der Waals surface area contributed by atoms with Crippen LogP contribution >= 0.6 is 0 Å². The Morgan fingerprint density at radius 2 is 1.80 bits per heavy atom. The van der Waals surface area contributed by atoms with Crippen molar-refractivity contribution < 1.29 is 4.74 Å². The Morgan fingerprint density at radius 1 is 1.15 bits per heavy atom. The number of benzene rings is 1. The molecule has 0 saturated heterocycles. The zero-order valence-corrected chi connectivity index (χ0v) is 13.1. The number of hydrogen-bond donors (Lipinski definition) is 1. The summed E-state index contributed by atoms with van der Waals surface area (Å²) in [6, 6.07) is 9.97. The van der Waals surface area contributed by atoms with E-state index in [1.54, 1.807) is 0 Å². The molecular formula is C17H28N2O. The molecule has 1 fully saturated rings. The van der Waals surface area contributed by atoms with Crippen molar-refractivity contribution in [3.05, 3.63) is 29.8 Å². The zero-order chi connectivity index (χ0) is 14.4. The highest BCUT2D eigenvalue weighted by atomic mass is 16.5. The second-order valence-corrected chi connectivity index (χ2v) is 5.79. The maximum Gasteiger partial charge on any atom is 0.119 e. The predicted octanol–water partition coefficient (Wildman–Crippen LogP) is 3.05. The van der Waals surface area contributed by atoms with Crippen LogP contribution in [0.5, 0.6) is 5.75 Å². The van der Waals surface area contributed by atoms with E-state index in [2.05, 4.69) is 48.6 Å². The Bertz CT molecular complexity index is 382. The summed E-state index contributed by atoms with van der Waals surface area (Å²) in [5.74, 6) is 0.966. The van der Waals surface area contributed by atoms with Gasteiger partial charge in [0.05, 0.1) is 6.61 Å². The second-order valence-electron chi connectivity index (χ2n) is 5.79. The first kappa shape index (κ1) is 15.3. The lowest BCUT2D eigenvalue weighted by atomic mass is 9.90. The lowest BCUT2D eigenvalue weighted by Crippen LogP contribution is -2.39. The van der Waals surface area contributed by atoms with E-state index in [1.807, 2.05) is 6.92 Å². The molecule has 0 unspecified atom stereocenters. The number of nitrogens with one attached hydrogen (secondary N) is 1. The molecule has 1 aromatic carbocycles. The van der Waals surface area contributed by atoms with Crippen LogP contribution in [0.15, 0.2) is 24.3 Å². The van der Waals surface area contributed by atoms with Crippen molar-refractivity contribution in [2.45, 2.75) is 51.2 Å². The van der Waals surface area contributed by atoms with Gasteiger partial charge in [-0.05, 0) is 64.4 Å². The molecule has 0 aromatic heterocycles. The summed E-state index contributed by atoms with van der Waals surface area (Å²) in [6.07, 6.45) is 5.21. The largest absolute Gasteiger partial charge is 0.494 e. The van der Waals surface area contributed by atoms with Gasteiger partial charge in [0.25, 0.3) is 0 Å². The van der Waals surface area contributed by atoms with E-state index in [0.717, 1.165) is 31.0 Å². The van der Waals surface area contributed by atoms with Crippen LogP contribution < -0.4 is 10.1 Å². The Hall–Kier alpha value is -1.06. The Balaban J connectivity index is 1.83. The summed E-state index contributed by atoms with van der Waals surface area (Å²) in [5, 5.41) is 3.40. The minimum absolute atomic E-state index is 0.727. The van der Waals surface area contributed by atoms with Crippen molar-refractivity contribution in [3.8, 4) is 5.75 Å². The molecule has 1 aliphatic carbocycles. The SMILES string of the molecule is CCOc1ccc(CN(C)C2CCC(NC)CC2)cc1. The van der Waals surface area contributed by atoms with Gasteiger partial charge in [-0.3, -0.25) is 4.90 Å². The second kappa shape index (κ2) is 7.65. The highest BCUT2D eigenvalue weighted by Crippen LogP contribution is 2.23.